The molecule has 0 spiro atoms. The molecule has 0 amide bonds. The Labute approximate surface area is 153 Å². The van der Waals surface area contributed by atoms with Crippen LogP contribution in [0.4, 0.5) is 0 Å². The molecule has 1 aliphatic carbocycles. The van der Waals surface area contributed by atoms with Gasteiger partial charge < -0.3 is 14.3 Å². The number of benzene rings is 3. The van der Waals surface area contributed by atoms with E-state index in [-0.39, 0.29) is 11.0 Å². The summed E-state index contributed by atoms with van der Waals surface area (Å²) in [6.45, 7) is 0. The number of hydrogen-bond donors (Lipinski definition) is 1. The van der Waals surface area contributed by atoms with E-state index < -0.39 is 5.97 Å². The number of hydrogen-bond acceptors (Lipinski definition) is 4. The first-order chi connectivity index (χ1) is 13.1. The highest BCUT2D eigenvalue weighted by atomic mass is 16.5. The minimum atomic E-state index is -1.04. The maximum atomic E-state index is 11.8. The first kappa shape index (κ1) is 16.4. The predicted octanol–water partition coefficient (Wildman–Crippen LogP) is 4.23. The Hall–Kier alpha value is -4.04. The highest BCUT2D eigenvalue weighted by Crippen LogP contribution is 2.41. The van der Waals surface area contributed by atoms with Gasteiger partial charge in [0.2, 0.25) is 0 Å². The van der Waals surface area contributed by atoms with Gasteiger partial charge in [0.25, 0.3) is 0 Å². The molecule has 5 heteroatoms. The molecule has 1 aliphatic heterocycles. The van der Waals surface area contributed by atoms with Gasteiger partial charge in [0.05, 0.1) is 5.56 Å². The molecule has 0 aromatic heterocycles. The van der Waals surface area contributed by atoms with Crippen molar-refractivity contribution in [3.63, 3.8) is 0 Å². The summed E-state index contributed by atoms with van der Waals surface area (Å²) in [5, 5.41) is 10.3. The normalized spacial score (nSPS) is 10.6. The standard InChI is InChI=1S/C22H12O5/c1-2-26-14-8-10-18-20(12-14)27-19-11-13(23)7-9-17(19)21(18)15-5-3-4-6-16(15)22(24)25/h1,3-12H,(H,24,25). The Kier molecular flexibility index (Phi) is 3.87. The molecule has 2 aromatic rings. The first-order valence-electron chi connectivity index (χ1n) is 8.04. The van der Waals surface area contributed by atoms with Crippen LogP contribution in [0.1, 0.15) is 10.4 Å². The number of rotatable bonds is 3. The highest BCUT2D eigenvalue weighted by molar-refractivity contribution is 6.07. The summed E-state index contributed by atoms with van der Waals surface area (Å²) in [6.07, 6.45) is 7.28. The van der Waals surface area contributed by atoms with Gasteiger partial charge in [0.1, 0.15) is 23.2 Å². The smallest absolute Gasteiger partial charge is 0.336 e. The average molecular weight is 356 g/mol. The molecule has 0 bridgehead atoms. The Bertz CT molecular complexity index is 1260. The maximum Gasteiger partial charge on any atom is 0.336 e. The summed E-state index contributed by atoms with van der Waals surface area (Å²) < 4.78 is 10.9. The van der Waals surface area contributed by atoms with Crippen LogP contribution in [0.15, 0.2) is 69.9 Å². The fraction of sp³-hybridized carbons (Fsp3) is 0. The lowest BCUT2D eigenvalue weighted by atomic mass is 9.91. The molecule has 0 fully saturated rings. The molecule has 4 rings (SSSR count). The number of ether oxygens (including phenoxy) is 1. The topological polar surface area (TPSA) is 76.7 Å². The van der Waals surface area contributed by atoms with Crippen molar-refractivity contribution in [2.24, 2.45) is 0 Å². The Balaban J connectivity index is 2.16. The fourth-order valence-corrected chi connectivity index (χ4v) is 3.16. The second-order valence-corrected chi connectivity index (χ2v) is 5.86. The maximum absolute atomic E-state index is 11.8. The van der Waals surface area contributed by atoms with Crippen molar-refractivity contribution in [1.29, 1.82) is 0 Å². The van der Waals surface area contributed by atoms with Gasteiger partial charge in [-0.05, 0) is 35.9 Å². The van der Waals surface area contributed by atoms with E-state index in [0.29, 0.717) is 39.2 Å². The van der Waals surface area contributed by atoms with E-state index >= 15 is 0 Å². The zero-order chi connectivity index (χ0) is 19.0. The van der Waals surface area contributed by atoms with Crippen LogP contribution in [0.3, 0.4) is 0 Å². The molecule has 27 heavy (non-hydrogen) atoms. The van der Waals surface area contributed by atoms with E-state index in [1.165, 1.54) is 18.2 Å². The van der Waals surface area contributed by atoms with Crippen molar-refractivity contribution in [3.8, 4) is 40.7 Å². The first-order valence-corrected chi connectivity index (χ1v) is 8.04. The van der Waals surface area contributed by atoms with Gasteiger partial charge in [-0.1, -0.05) is 24.6 Å². The third-order valence-corrected chi connectivity index (χ3v) is 4.27. The van der Waals surface area contributed by atoms with Gasteiger partial charge in [-0.2, -0.15) is 0 Å². The molecule has 0 atom stereocenters. The number of carbonyl (C=O) groups is 1. The fourth-order valence-electron chi connectivity index (χ4n) is 3.16. The molecule has 2 aromatic carbocycles. The molecule has 1 heterocycles. The van der Waals surface area contributed by atoms with Gasteiger partial charge in [0.15, 0.2) is 5.43 Å². The SMILES string of the molecule is C#COc1ccc2c(-c3ccccc3C(=O)O)c3ccc(=O)cc-3oc2c1. The van der Waals surface area contributed by atoms with Gasteiger partial charge in [-0.25, -0.2) is 4.79 Å². The van der Waals surface area contributed by atoms with Crippen LogP contribution in [0, 0.1) is 12.5 Å². The van der Waals surface area contributed by atoms with Crippen molar-refractivity contribution in [1.82, 2.24) is 0 Å². The van der Waals surface area contributed by atoms with E-state index in [1.807, 2.05) is 0 Å². The van der Waals surface area contributed by atoms with Crippen LogP contribution in [0.2, 0.25) is 0 Å². The second kappa shape index (κ2) is 6.36. The van der Waals surface area contributed by atoms with Crippen molar-refractivity contribution in [3.05, 3.63) is 76.5 Å². The zero-order valence-corrected chi connectivity index (χ0v) is 13.9. The molecule has 2 aliphatic rings. The lowest BCUT2D eigenvalue weighted by molar-refractivity contribution is 0.0697. The van der Waals surface area contributed by atoms with Gasteiger partial charge in [-0.3, -0.25) is 4.79 Å². The van der Waals surface area contributed by atoms with E-state index in [2.05, 4.69) is 6.11 Å². The van der Waals surface area contributed by atoms with Crippen LogP contribution >= 0.6 is 0 Å². The lowest BCUT2D eigenvalue weighted by Crippen LogP contribution is -2.03. The third-order valence-electron chi connectivity index (χ3n) is 4.27. The largest absolute Gasteiger partial charge is 0.478 e. The van der Waals surface area contributed by atoms with Gasteiger partial charge >= 0.3 is 5.97 Å². The minimum absolute atomic E-state index is 0.154. The van der Waals surface area contributed by atoms with Crippen molar-refractivity contribution < 1.29 is 19.1 Å². The van der Waals surface area contributed by atoms with Crippen LogP contribution < -0.4 is 10.2 Å². The average Bonchev–Trinajstić information content (AvgIpc) is 2.66. The number of fused-ring (bicyclic) bond motifs is 2. The summed E-state index contributed by atoms with van der Waals surface area (Å²) in [7, 11) is 0. The van der Waals surface area contributed by atoms with Crippen LogP contribution in [-0.4, -0.2) is 11.1 Å². The third kappa shape index (κ3) is 2.79. The van der Waals surface area contributed by atoms with E-state index in [4.69, 9.17) is 15.6 Å². The van der Waals surface area contributed by atoms with E-state index in [0.717, 1.165) is 0 Å². The molecular weight excluding hydrogens is 344 g/mol. The van der Waals surface area contributed by atoms with Gasteiger partial charge in [0, 0.05) is 28.6 Å². The predicted molar refractivity (Wildman–Crippen MR) is 101 cm³/mol. The van der Waals surface area contributed by atoms with Crippen molar-refractivity contribution >= 4 is 16.9 Å². The number of terminal acetylenes is 1. The Morgan fingerprint density at radius 3 is 2.63 bits per heavy atom. The molecule has 1 N–H and O–H groups in total. The molecular formula is C22H12O5. The second-order valence-electron chi connectivity index (χ2n) is 5.86. The molecule has 0 radical (unpaired) electrons. The number of carboxylic acids is 1. The molecule has 0 saturated heterocycles. The Morgan fingerprint density at radius 2 is 1.85 bits per heavy atom. The molecule has 0 saturated carbocycles. The van der Waals surface area contributed by atoms with E-state index in [1.54, 1.807) is 42.5 Å². The summed E-state index contributed by atoms with van der Waals surface area (Å²) >= 11 is 0. The quantitative estimate of drug-likeness (QED) is 0.439. The van der Waals surface area contributed by atoms with Gasteiger partial charge in [-0.15, -0.1) is 0 Å². The van der Waals surface area contributed by atoms with E-state index in [9.17, 15) is 14.7 Å². The molecule has 0 unspecified atom stereocenters. The minimum Gasteiger partial charge on any atom is -0.478 e. The highest BCUT2D eigenvalue weighted by Gasteiger charge is 2.21. The van der Waals surface area contributed by atoms with Crippen LogP contribution in [-0.2, 0) is 0 Å². The van der Waals surface area contributed by atoms with Crippen LogP contribution in [0.25, 0.3) is 33.4 Å². The zero-order valence-electron chi connectivity index (χ0n) is 13.9. The number of aromatic carboxylic acids is 1. The summed E-state index contributed by atoms with van der Waals surface area (Å²) in [4.78, 5) is 23.6. The number of carboxylic acid groups (broad SMARTS) is 1. The summed E-state index contributed by atoms with van der Waals surface area (Å²) in [5.74, 6) is -0.285. The summed E-state index contributed by atoms with van der Waals surface area (Å²) in [5.41, 5.74) is 2.20. The van der Waals surface area contributed by atoms with Crippen molar-refractivity contribution in [2.45, 2.75) is 0 Å². The monoisotopic (exact) mass is 356 g/mol. The Morgan fingerprint density at radius 1 is 1.04 bits per heavy atom. The van der Waals surface area contributed by atoms with Crippen LogP contribution in [0.5, 0.6) is 5.75 Å². The molecule has 130 valence electrons. The van der Waals surface area contributed by atoms with Crippen molar-refractivity contribution in [2.75, 3.05) is 0 Å². The summed E-state index contributed by atoms with van der Waals surface area (Å²) in [6, 6.07) is 16.2. The molecule has 5 nitrogen and oxygen atoms in total. The lowest BCUT2D eigenvalue weighted by Gasteiger charge is -2.16.